The summed E-state index contributed by atoms with van der Waals surface area (Å²) < 4.78 is 10.0. The molecule has 2 fully saturated rings. The van der Waals surface area contributed by atoms with Gasteiger partial charge in [0.1, 0.15) is 6.04 Å². The number of esters is 1. The normalized spacial score (nSPS) is 19.2. The Hall–Kier alpha value is -3.39. The third kappa shape index (κ3) is 3.99. The monoisotopic (exact) mass is 409 g/mol. The van der Waals surface area contributed by atoms with Crippen molar-refractivity contribution in [2.45, 2.75) is 12.5 Å². The molecule has 2 aliphatic heterocycles. The lowest BCUT2D eigenvalue weighted by atomic mass is 10.2. The summed E-state index contributed by atoms with van der Waals surface area (Å²) in [4.78, 5) is 40.3. The van der Waals surface area contributed by atoms with Crippen molar-refractivity contribution in [3.8, 4) is 0 Å². The topological polar surface area (TPSA) is 88.2 Å². The van der Waals surface area contributed by atoms with Gasteiger partial charge in [0.15, 0.2) is 0 Å². The van der Waals surface area contributed by atoms with Crippen molar-refractivity contribution in [3.63, 3.8) is 0 Å². The second-order valence-electron chi connectivity index (χ2n) is 7.15. The highest BCUT2D eigenvalue weighted by Gasteiger charge is 2.39. The summed E-state index contributed by atoms with van der Waals surface area (Å²) in [6.07, 6.45) is 0.0722. The van der Waals surface area contributed by atoms with Gasteiger partial charge >= 0.3 is 5.97 Å². The SMILES string of the molecule is COC(=O)c1ccc(N2C(=O)CC(Nc3ccc(N4CCOCC4)cc3)C2=O)cc1. The van der Waals surface area contributed by atoms with E-state index in [0.717, 1.165) is 42.6 Å². The number of benzene rings is 2. The van der Waals surface area contributed by atoms with E-state index in [1.807, 2.05) is 24.3 Å². The minimum absolute atomic E-state index is 0.0722. The molecule has 8 nitrogen and oxygen atoms in total. The first-order chi connectivity index (χ1) is 14.6. The van der Waals surface area contributed by atoms with E-state index >= 15 is 0 Å². The van der Waals surface area contributed by atoms with Crippen molar-refractivity contribution in [3.05, 3.63) is 54.1 Å². The number of carbonyl (C=O) groups excluding carboxylic acids is 3. The fourth-order valence-electron chi connectivity index (χ4n) is 3.67. The molecule has 0 aliphatic carbocycles. The van der Waals surface area contributed by atoms with E-state index in [1.165, 1.54) is 19.2 Å². The molecule has 156 valence electrons. The molecule has 0 radical (unpaired) electrons. The standard InChI is InChI=1S/C22H23N3O5/c1-29-22(28)15-2-6-18(7-3-15)25-20(26)14-19(21(25)27)23-16-4-8-17(9-5-16)24-10-12-30-13-11-24/h2-9,19,23H,10-14H2,1H3. The number of hydrogen-bond acceptors (Lipinski definition) is 7. The van der Waals surface area contributed by atoms with Crippen LogP contribution in [0.4, 0.5) is 17.1 Å². The Labute approximate surface area is 174 Å². The van der Waals surface area contributed by atoms with E-state index in [0.29, 0.717) is 11.3 Å². The van der Waals surface area contributed by atoms with E-state index in [2.05, 4.69) is 15.0 Å². The van der Waals surface area contributed by atoms with Crippen LogP contribution in [0.25, 0.3) is 0 Å². The molecule has 4 rings (SSSR count). The zero-order chi connectivity index (χ0) is 21.1. The number of carbonyl (C=O) groups is 3. The smallest absolute Gasteiger partial charge is 0.337 e. The Balaban J connectivity index is 1.43. The van der Waals surface area contributed by atoms with Crippen LogP contribution in [-0.2, 0) is 19.1 Å². The highest BCUT2D eigenvalue weighted by Crippen LogP contribution is 2.26. The molecule has 2 aromatic carbocycles. The molecule has 2 amide bonds. The van der Waals surface area contributed by atoms with Gasteiger partial charge in [-0.1, -0.05) is 0 Å². The number of nitrogens with zero attached hydrogens (tertiary/aromatic N) is 2. The second-order valence-corrected chi connectivity index (χ2v) is 7.15. The van der Waals surface area contributed by atoms with E-state index in [9.17, 15) is 14.4 Å². The Bertz CT molecular complexity index is 936. The number of rotatable bonds is 5. The van der Waals surface area contributed by atoms with E-state index in [-0.39, 0.29) is 18.2 Å². The highest BCUT2D eigenvalue weighted by atomic mass is 16.5. The number of hydrogen-bond donors (Lipinski definition) is 1. The van der Waals surface area contributed by atoms with Gasteiger partial charge in [0.25, 0.3) is 5.91 Å². The first kappa shape index (κ1) is 19.9. The molecule has 2 aliphatic rings. The molecule has 1 N–H and O–H groups in total. The lowest BCUT2D eigenvalue weighted by Crippen LogP contribution is -2.36. The molecular weight excluding hydrogens is 386 g/mol. The van der Waals surface area contributed by atoms with Gasteiger partial charge in [-0.15, -0.1) is 0 Å². The summed E-state index contributed by atoms with van der Waals surface area (Å²) in [5.41, 5.74) is 2.67. The van der Waals surface area contributed by atoms with Crippen molar-refractivity contribution in [1.82, 2.24) is 0 Å². The highest BCUT2D eigenvalue weighted by molar-refractivity contribution is 6.23. The number of morpholine rings is 1. The van der Waals surface area contributed by atoms with Crippen molar-refractivity contribution in [2.24, 2.45) is 0 Å². The Kier molecular flexibility index (Phi) is 5.67. The Morgan fingerprint density at radius 1 is 1.00 bits per heavy atom. The largest absolute Gasteiger partial charge is 0.465 e. The molecule has 0 bridgehead atoms. The molecule has 30 heavy (non-hydrogen) atoms. The number of imide groups is 1. The first-order valence-electron chi connectivity index (χ1n) is 9.81. The lowest BCUT2D eigenvalue weighted by molar-refractivity contribution is -0.121. The van der Waals surface area contributed by atoms with Gasteiger partial charge in [0, 0.05) is 24.5 Å². The average Bonchev–Trinajstić information content (AvgIpc) is 3.07. The Morgan fingerprint density at radius 2 is 1.63 bits per heavy atom. The predicted octanol–water partition coefficient (Wildman–Crippen LogP) is 2.05. The molecule has 0 aromatic heterocycles. The minimum atomic E-state index is -0.632. The van der Waals surface area contributed by atoms with Gasteiger partial charge in [-0.2, -0.15) is 0 Å². The summed E-state index contributed by atoms with van der Waals surface area (Å²) in [6, 6.07) is 13.4. The second kappa shape index (κ2) is 8.54. The molecule has 1 unspecified atom stereocenters. The maximum Gasteiger partial charge on any atom is 0.337 e. The summed E-state index contributed by atoms with van der Waals surface area (Å²) in [6.45, 7) is 3.14. The minimum Gasteiger partial charge on any atom is -0.465 e. The number of methoxy groups -OCH3 is 1. The maximum atomic E-state index is 12.8. The molecule has 8 heteroatoms. The van der Waals surface area contributed by atoms with Gasteiger partial charge in [-0.25, -0.2) is 9.69 Å². The van der Waals surface area contributed by atoms with Gasteiger partial charge in [-0.3, -0.25) is 9.59 Å². The van der Waals surface area contributed by atoms with E-state index in [1.54, 1.807) is 12.1 Å². The lowest BCUT2D eigenvalue weighted by Gasteiger charge is -2.29. The number of amides is 2. The van der Waals surface area contributed by atoms with Gasteiger partial charge < -0.3 is 19.7 Å². The molecule has 1 atom stereocenters. The van der Waals surface area contributed by atoms with Crippen LogP contribution in [0.5, 0.6) is 0 Å². The van der Waals surface area contributed by atoms with Crippen LogP contribution in [0.3, 0.4) is 0 Å². The molecule has 2 heterocycles. The van der Waals surface area contributed by atoms with Gasteiger partial charge in [-0.05, 0) is 48.5 Å². The van der Waals surface area contributed by atoms with Crippen LogP contribution in [0.1, 0.15) is 16.8 Å². The number of nitrogens with one attached hydrogen (secondary N) is 1. The van der Waals surface area contributed by atoms with Crippen molar-refractivity contribution < 1.29 is 23.9 Å². The van der Waals surface area contributed by atoms with E-state index < -0.39 is 12.0 Å². The predicted molar refractivity (Wildman–Crippen MR) is 112 cm³/mol. The molecular formula is C22H23N3O5. The summed E-state index contributed by atoms with van der Waals surface area (Å²) in [5, 5.41) is 3.16. The van der Waals surface area contributed by atoms with Crippen molar-refractivity contribution >= 4 is 34.8 Å². The van der Waals surface area contributed by atoms with Crippen LogP contribution in [-0.4, -0.2) is 57.2 Å². The zero-order valence-corrected chi connectivity index (χ0v) is 16.7. The molecule has 2 saturated heterocycles. The van der Waals surface area contributed by atoms with Crippen molar-refractivity contribution in [1.29, 1.82) is 0 Å². The van der Waals surface area contributed by atoms with Crippen LogP contribution < -0.4 is 15.1 Å². The molecule has 0 saturated carbocycles. The summed E-state index contributed by atoms with van der Waals surface area (Å²) in [5.74, 6) is -1.07. The Morgan fingerprint density at radius 3 is 2.27 bits per heavy atom. The third-order valence-electron chi connectivity index (χ3n) is 5.28. The number of anilines is 3. The van der Waals surface area contributed by atoms with Crippen molar-refractivity contribution in [2.75, 3.05) is 48.5 Å². The fourth-order valence-corrected chi connectivity index (χ4v) is 3.67. The van der Waals surface area contributed by atoms with Gasteiger partial charge in [0.05, 0.1) is 38.0 Å². The third-order valence-corrected chi connectivity index (χ3v) is 5.28. The first-order valence-corrected chi connectivity index (χ1v) is 9.81. The molecule has 2 aromatic rings. The number of ether oxygens (including phenoxy) is 2. The van der Waals surface area contributed by atoms with Crippen LogP contribution in [0.2, 0.25) is 0 Å². The van der Waals surface area contributed by atoms with Crippen LogP contribution >= 0.6 is 0 Å². The van der Waals surface area contributed by atoms with E-state index in [4.69, 9.17) is 4.74 Å². The molecule has 0 spiro atoms. The summed E-state index contributed by atoms with van der Waals surface area (Å²) in [7, 11) is 1.30. The van der Waals surface area contributed by atoms with Crippen LogP contribution in [0.15, 0.2) is 48.5 Å². The fraction of sp³-hybridized carbons (Fsp3) is 0.318. The average molecular weight is 409 g/mol. The van der Waals surface area contributed by atoms with Gasteiger partial charge in [0.2, 0.25) is 5.91 Å². The zero-order valence-electron chi connectivity index (χ0n) is 16.7. The quantitative estimate of drug-likeness (QED) is 0.597. The van der Waals surface area contributed by atoms with Crippen LogP contribution in [0, 0.1) is 0 Å². The maximum absolute atomic E-state index is 12.8. The summed E-state index contributed by atoms with van der Waals surface area (Å²) >= 11 is 0.